The number of nitrogens with one attached hydrogen (secondary N) is 2. The molecule has 4 nitrogen and oxygen atoms in total. The predicted molar refractivity (Wildman–Crippen MR) is 91.1 cm³/mol. The zero-order chi connectivity index (χ0) is 19.3. The van der Waals surface area contributed by atoms with Gasteiger partial charge in [-0.15, -0.1) is 0 Å². The number of nitrogens with zero attached hydrogens (tertiary/aromatic N) is 1. The van der Waals surface area contributed by atoms with E-state index in [4.69, 9.17) is 0 Å². The minimum absolute atomic E-state index is 0.0139. The van der Waals surface area contributed by atoms with Gasteiger partial charge in [-0.05, 0) is 36.8 Å². The van der Waals surface area contributed by atoms with Crippen LogP contribution in [0.15, 0.2) is 42.9 Å². The Morgan fingerprint density at radius 1 is 1.26 bits per heavy atom. The van der Waals surface area contributed by atoms with Crippen LogP contribution in [0.5, 0.6) is 0 Å². The summed E-state index contributed by atoms with van der Waals surface area (Å²) in [5.74, 6) is -0.537. The lowest BCUT2D eigenvalue weighted by Crippen LogP contribution is -2.18. The van der Waals surface area contributed by atoms with Crippen molar-refractivity contribution in [1.29, 1.82) is 0 Å². The van der Waals surface area contributed by atoms with E-state index in [0.717, 1.165) is 0 Å². The van der Waals surface area contributed by atoms with Gasteiger partial charge in [0.05, 0.1) is 5.57 Å². The van der Waals surface area contributed by atoms with Crippen molar-refractivity contribution >= 4 is 28.4 Å². The van der Waals surface area contributed by atoms with Crippen molar-refractivity contribution in [2.75, 3.05) is 5.32 Å². The maximum atomic E-state index is 13.5. The van der Waals surface area contributed by atoms with Gasteiger partial charge in [0.25, 0.3) is 0 Å². The van der Waals surface area contributed by atoms with Gasteiger partial charge in [-0.25, -0.2) is 14.7 Å². The molecule has 27 heavy (non-hydrogen) atoms. The second-order valence-electron chi connectivity index (χ2n) is 6.40. The highest BCUT2D eigenvalue weighted by Gasteiger charge is 2.40. The number of aromatic nitrogens is 2. The van der Waals surface area contributed by atoms with Crippen LogP contribution in [0.25, 0.3) is 11.1 Å². The first-order chi connectivity index (χ1) is 12.7. The van der Waals surface area contributed by atoms with Gasteiger partial charge < -0.3 is 4.40 Å². The van der Waals surface area contributed by atoms with Gasteiger partial charge in [0.15, 0.2) is 5.78 Å². The minimum atomic E-state index is -4.62. The second-order valence-corrected chi connectivity index (χ2v) is 6.40. The van der Waals surface area contributed by atoms with Crippen LogP contribution in [0.1, 0.15) is 16.7 Å². The van der Waals surface area contributed by atoms with E-state index in [0.29, 0.717) is 34.2 Å². The molecule has 138 valence electrons. The third-order valence-electron chi connectivity index (χ3n) is 4.52. The van der Waals surface area contributed by atoms with Crippen LogP contribution in [-0.4, -0.2) is 16.4 Å². The number of alkyl halides is 3. The van der Waals surface area contributed by atoms with Gasteiger partial charge >= 0.3 is 12.0 Å². The average Bonchev–Trinajstić information content (AvgIpc) is 2.96. The Kier molecular flexibility index (Phi) is 3.80. The van der Waals surface area contributed by atoms with Gasteiger partial charge in [0, 0.05) is 29.9 Å². The summed E-state index contributed by atoms with van der Waals surface area (Å²) in [6.45, 7) is 1.61. The first-order valence-corrected chi connectivity index (χ1v) is 8.13. The number of ketones is 1. The monoisotopic (exact) mass is 376 g/mol. The first kappa shape index (κ1) is 17.3. The van der Waals surface area contributed by atoms with E-state index in [2.05, 4.69) is 10.3 Å². The van der Waals surface area contributed by atoms with Gasteiger partial charge in [-0.2, -0.15) is 13.2 Å². The fourth-order valence-electron chi connectivity index (χ4n) is 3.30. The number of halogens is 4. The predicted octanol–water partition coefficient (Wildman–Crippen LogP) is 4.02. The molecule has 8 heteroatoms. The largest absolute Gasteiger partial charge is 0.417 e. The third-order valence-corrected chi connectivity index (χ3v) is 4.52. The molecule has 1 aliphatic rings. The average molecular weight is 376 g/mol. The SMILES string of the molecule is Cc1cc(Nc2[nH+]ccn3cc4c(c23)CC(=O)C=C4C(F)(F)F)ccc1F. The normalized spacial score (nSPS) is 14.3. The number of allylic oxidation sites excluding steroid dienone is 2. The molecule has 0 aliphatic heterocycles. The van der Waals surface area contributed by atoms with Crippen molar-refractivity contribution in [3.63, 3.8) is 0 Å². The number of hydrogen-bond donors (Lipinski definition) is 1. The van der Waals surface area contributed by atoms with Crippen molar-refractivity contribution in [1.82, 2.24) is 4.40 Å². The molecule has 2 N–H and O–H groups in total. The molecule has 0 bridgehead atoms. The summed E-state index contributed by atoms with van der Waals surface area (Å²) < 4.78 is 55.1. The first-order valence-electron chi connectivity index (χ1n) is 8.13. The molecule has 0 atom stereocenters. The zero-order valence-electron chi connectivity index (χ0n) is 14.1. The number of anilines is 2. The molecule has 2 aromatic heterocycles. The lowest BCUT2D eigenvalue weighted by molar-refractivity contribution is -0.360. The summed E-state index contributed by atoms with van der Waals surface area (Å²) in [5.41, 5.74) is 0.788. The molecule has 0 saturated heterocycles. The summed E-state index contributed by atoms with van der Waals surface area (Å²) in [6, 6.07) is 4.43. The fourth-order valence-corrected chi connectivity index (χ4v) is 3.30. The van der Waals surface area contributed by atoms with Gasteiger partial charge in [-0.3, -0.25) is 4.79 Å². The van der Waals surface area contributed by atoms with Crippen LogP contribution in [0.2, 0.25) is 0 Å². The number of aromatic amines is 1. The van der Waals surface area contributed by atoms with Crippen LogP contribution in [-0.2, 0) is 11.2 Å². The Labute approximate surface area is 151 Å². The molecule has 3 aromatic rings. The highest BCUT2D eigenvalue weighted by atomic mass is 19.4. The van der Waals surface area contributed by atoms with Crippen molar-refractivity contribution < 1.29 is 27.3 Å². The Hall–Kier alpha value is -3.16. The second kappa shape index (κ2) is 5.94. The quantitative estimate of drug-likeness (QED) is 0.687. The number of carbonyl (C=O) groups is 1. The number of hydrogen-bond acceptors (Lipinski definition) is 2. The summed E-state index contributed by atoms with van der Waals surface area (Å²) in [5, 5.41) is 3.06. The number of H-pyrrole nitrogens is 1. The van der Waals surface area contributed by atoms with Gasteiger partial charge in [0.2, 0.25) is 0 Å². The molecule has 0 amide bonds. The van der Waals surface area contributed by atoms with Crippen molar-refractivity contribution in [2.45, 2.75) is 19.5 Å². The van der Waals surface area contributed by atoms with Crippen molar-refractivity contribution in [2.24, 2.45) is 0 Å². The van der Waals surface area contributed by atoms with Gasteiger partial charge in [-0.1, -0.05) is 0 Å². The maximum absolute atomic E-state index is 13.5. The Bertz CT molecular complexity index is 1110. The molecule has 1 aliphatic carbocycles. The lowest BCUT2D eigenvalue weighted by Gasteiger charge is -2.16. The summed E-state index contributed by atoms with van der Waals surface area (Å²) in [7, 11) is 0. The molecule has 0 saturated carbocycles. The van der Waals surface area contributed by atoms with Gasteiger partial charge in [0.1, 0.15) is 23.2 Å². The van der Waals surface area contributed by atoms with Crippen LogP contribution < -0.4 is 10.3 Å². The molecule has 0 fully saturated rings. The number of benzene rings is 1. The molecule has 0 radical (unpaired) electrons. The highest BCUT2D eigenvalue weighted by Crippen LogP contribution is 2.41. The Morgan fingerprint density at radius 2 is 2.04 bits per heavy atom. The number of carbonyl (C=O) groups excluding carboxylic acids is 1. The van der Waals surface area contributed by atoms with Crippen molar-refractivity contribution in [3.05, 3.63) is 65.4 Å². The molecular formula is C19H14F4N3O+. The van der Waals surface area contributed by atoms with E-state index in [9.17, 15) is 22.4 Å². The molecule has 4 rings (SSSR count). The molecule has 2 heterocycles. The summed E-state index contributed by atoms with van der Waals surface area (Å²) >= 11 is 0. The maximum Gasteiger partial charge on any atom is 0.417 e. The minimum Gasteiger partial charge on any atom is -0.312 e. The zero-order valence-corrected chi connectivity index (χ0v) is 14.1. The van der Waals surface area contributed by atoms with Crippen LogP contribution in [0.4, 0.5) is 29.1 Å². The number of rotatable bonds is 2. The van der Waals surface area contributed by atoms with Crippen LogP contribution >= 0.6 is 0 Å². The number of fused-ring (bicyclic) bond motifs is 3. The Balaban J connectivity index is 1.87. The van der Waals surface area contributed by atoms with E-state index < -0.39 is 17.5 Å². The summed E-state index contributed by atoms with van der Waals surface area (Å²) in [6.07, 6.45) is 0.415. The molecule has 1 aromatic carbocycles. The van der Waals surface area contributed by atoms with E-state index >= 15 is 0 Å². The highest BCUT2D eigenvalue weighted by molar-refractivity contribution is 6.05. The fraction of sp³-hybridized carbons (Fsp3) is 0.158. The van der Waals surface area contributed by atoms with Crippen LogP contribution in [0, 0.1) is 12.7 Å². The lowest BCUT2D eigenvalue weighted by atomic mass is 9.92. The van der Waals surface area contributed by atoms with Crippen molar-refractivity contribution in [3.8, 4) is 0 Å². The van der Waals surface area contributed by atoms with E-state index in [1.807, 2.05) is 0 Å². The smallest absolute Gasteiger partial charge is 0.312 e. The topological polar surface area (TPSA) is 47.7 Å². The molecular weight excluding hydrogens is 362 g/mol. The third kappa shape index (κ3) is 2.97. The van der Waals surface area contributed by atoms with E-state index in [1.54, 1.807) is 25.4 Å². The van der Waals surface area contributed by atoms with Crippen LogP contribution in [0.3, 0.4) is 0 Å². The summed E-state index contributed by atoms with van der Waals surface area (Å²) in [4.78, 5) is 14.9. The molecule has 0 spiro atoms. The van der Waals surface area contributed by atoms with E-state index in [1.165, 1.54) is 22.7 Å². The standard InChI is InChI=1S/C19H13F4N3O/c1-10-6-11(2-3-16(10)20)25-18-17-13-7-12(27)8-15(19(21,22)23)14(13)9-26(17)5-4-24-18/h2-6,8-9H,7H2,1H3,(H,24,25)/p+1. The number of aryl methyl sites for hydroxylation is 1. The van der Waals surface area contributed by atoms with E-state index in [-0.39, 0.29) is 17.8 Å². The Morgan fingerprint density at radius 3 is 2.74 bits per heavy atom. The molecule has 0 unspecified atom stereocenters.